The molecule has 0 unspecified atom stereocenters. The van der Waals surface area contributed by atoms with E-state index in [1.807, 2.05) is 0 Å². The first-order valence-electron chi connectivity index (χ1n) is 7.09. The van der Waals surface area contributed by atoms with Crippen LogP contribution in [0.5, 0.6) is 0 Å². The van der Waals surface area contributed by atoms with Crippen LogP contribution in [0.1, 0.15) is 16.1 Å². The zero-order chi connectivity index (χ0) is 17.8. The molecule has 0 radical (unpaired) electrons. The van der Waals surface area contributed by atoms with E-state index in [4.69, 9.17) is 16.6 Å². The van der Waals surface area contributed by atoms with Crippen molar-refractivity contribution in [2.45, 2.75) is 0 Å². The van der Waals surface area contributed by atoms with Crippen molar-refractivity contribution >= 4 is 46.2 Å². The summed E-state index contributed by atoms with van der Waals surface area (Å²) in [6.45, 7) is 0. The van der Waals surface area contributed by atoms with E-state index in [-0.39, 0.29) is 9.88 Å². The largest absolute Gasteiger partial charge is 0.465 e. The summed E-state index contributed by atoms with van der Waals surface area (Å²) in [7, 11) is 0. The van der Waals surface area contributed by atoms with Gasteiger partial charge in [0.25, 0.3) is 11.8 Å². The van der Waals surface area contributed by atoms with E-state index in [0.717, 1.165) is 16.8 Å². The molecule has 1 aromatic heterocycles. The molecule has 1 fully saturated rings. The van der Waals surface area contributed by atoms with Crippen molar-refractivity contribution in [3.8, 4) is 0 Å². The number of carbonyl (C=O) groups is 2. The molecular weight excluding hydrogens is 363 g/mol. The third-order valence-corrected chi connectivity index (χ3v) is 4.49. The average Bonchev–Trinajstić information content (AvgIpc) is 3.20. The smallest absolute Gasteiger partial charge is 0.285 e. The summed E-state index contributed by atoms with van der Waals surface area (Å²) in [5.74, 6) is -0.789. The number of nitrogens with one attached hydrogen (secondary N) is 1. The Kier molecular flexibility index (Phi) is 5.11. The van der Waals surface area contributed by atoms with Gasteiger partial charge in [0.15, 0.2) is 4.32 Å². The normalized spacial score (nSPS) is 16.2. The summed E-state index contributed by atoms with van der Waals surface area (Å²) >= 11 is 6.19. The van der Waals surface area contributed by atoms with Gasteiger partial charge in [0, 0.05) is 5.56 Å². The Balaban J connectivity index is 1.68. The van der Waals surface area contributed by atoms with Crippen LogP contribution < -0.4 is 5.43 Å². The number of nitrogens with zero attached hydrogens (tertiary/aromatic N) is 1. The molecule has 1 aliphatic rings. The van der Waals surface area contributed by atoms with Gasteiger partial charge in [-0.3, -0.25) is 15.0 Å². The molecule has 1 saturated heterocycles. The number of thioether (sulfide) groups is 1. The highest BCUT2D eigenvalue weighted by Gasteiger charge is 2.33. The topological polar surface area (TPSA) is 62.6 Å². The van der Waals surface area contributed by atoms with Crippen LogP contribution >= 0.6 is 24.0 Å². The molecule has 0 spiro atoms. The van der Waals surface area contributed by atoms with Gasteiger partial charge in [0.1, 0.15) is 11.6 Å². The van der Waals surface area contributed by atoms with E-state index in [9.17, 15) is 14.0 Å². The summed E-state index contributed by atoms with van der Waals surface area (Å²) < 4.78 is 18.3. The molecule has 25 heavy (non-hydrogen) atoms. The van der Waals surface area contributed by atoms with Crippen molar-refractivity contribution < 1.29 is 18.4 Å². The van der Waals surface area contributed by atoms with Crippen LogP contribution in [-0.4, -0.2) is 21.1 Å². The monoisotopic (exact) mass is 374 g/mol. The van der Waals surface area contributed by atoms with E-state index in [0.29, 0.717) is 10.7 Å². The van der Waals surface area contributed by atoms with E-state index >= 15 is 0 Å². The number of furan rings is 1. The van der Waals surface area contributed by atoms with Crippen LogP contribution in [0.2, 0.25) is 0 Å². The third kappa shape index (κ3) is 4.04. The highest BCUT2D eigenvalue weighted by Crippen LogP contribution is 2.29. The summed E-state index contributed by atoms with van der Waals surface area (Å²) in [4.78, 5) is 24.9. The highest BCUT2D eigenvalue weighted by molar-refractivity contribution is 8.26. The Hall–Kier alpha value is -2.71. The number of hydrogen-bond donors (Lipinski definition) is 1. The summed E-state index contributed by atoms with van der Waals surface area (Å²) in [6, 6.07) is 8.51. The maximum absolute atomic E-state index is 12.9. The first-order chi connectivity index (χ1) is 12.0. The second-order valence-electron chi connectivity index (χ2n) is 4.86. The molecule has 0 saturated carbocycles. The van der Waals surface area contributed by atoms with Gasteiger partial charge in [-0.25, -0.2) is 4.39 Å². The molecule has 5 nitrogen and oxygen atoms in total. The number of rotatable bonds is 4. The van der Waals surface area contributed by atoms with Gasteiger partial charge in [-0.2, -0.15) is 5.01 Å². The fraction of sp³-hybridized carbons (Fsp3) is 0. The van der Waals surface area contributed by atoms with E-state index in [1.54, 1.807) is 36.6 Å². The van der Waals surface area contributed by atoms with Crippen LogP contribution in [0, 0.1) is 5.82 Å². The molecule has 0 aliphatic carbocycles. The van der Waals surface area contributed by atoms with Crippen LogP contribution in [-0.2, 0) is 4.79 Å². The Morgan fingerprint density at radius 3 is 2.72 bits per heavy atom. The molecule has 126 valence electrons. The molecule has 2 amide bonds. The quantitative estimate of drug-likeness (QED) is 0.655. The second-order valence-corrected chi connectivity index (χ2v) is 6.54. The van der Waals surface area contributed by atoms with Gasteiger partial charge in [0.05, 0.1) is 11.2 Å². The fourth-order valence-corrected chi connectivity index (χ4v) is 3.09. The van der Waals surface area contributed by atoms with Crippen LogP contribution in [0.25, 0.3) is 6.08 Å². The Labute approximate surface area is 152 Å². The molecule has 1 aliphatic heterocycles. The van der Waals surface area contributed by atoms with Crippen molar-refractivity contribution in [2.24, 2.45) is 0 Å². The first-order valence-corrected chi connectivity index (χ1v) is 8.32. The molecular formula is C17H11FN2O3S2. The lowest BCUT2D eigenvalue weighted by atomic mass is 10.2. The van der Waals surface area contributed by atoms with E-state index < -0.39 is 17.6 Å². The molecule has 0 atom stereocenters. The number of thiocarbonyl (C=S) groups is 1. The summed E-state index contributed by atoms with van der Waals surface area (Å²) in [5, 5.41) is 0.998. The minimum Gasteiger partial charge on any atom is -0.465 e. The first kappa shape index (κ1) is 17.1. The minimum absolute atomic E-state index is 0.207. The van der Waals surface area contributed by atoms with Gasteiger partial charge < -0.3 is 4.42 Å². The Morgan fingerprint density at radius 1 is 1.28 bits per heavy atom. The minimum atomic E-state index is -0.552. The summed E-state index contributed by atoms with van der Waals surface area (Å²) in [5.41, 5.74) is 2.64. The van der Waals surface area contributed by atoms with Crippen LogP contribution in [0.4, 0.5) is 4.39 Å². The number of allylic oxidation sites excluding steroid dienone is 2. The number of hydrazine groups is 1. The van der Waals surface area contributed by atoms with Crippen LogP contribution in [0.15, 0.2) is 64.1 Å². The number of amides is 2. The van der Waals surface area contributed by atoms with E-state index in [2.05, 4.69) is 5.43 Å². The second kappa shape index (κ2) is 7.45. The van der Waals surface area contributed by atoms with E-state index in [1.165, 1.54) is 24.3 Å². The molecule has 8 heteroatoms. The summed E-state index contributed by atoms with van der Waals surface area (Å²) in [6.07, 6.45) is 6.49. The van der Waals surface area contributed by atoms with Crippen molar-refractivity contribution in [1.29, 1.82) is 0 Å². The van der Waals surface area contributed by atoms with Gasteiger partial charge in [-0.15, -0.1) is 0 Å². The molecule has 2 aromatic rings. The number of carbonyl (C=O) groups excluding carboxylic acids is 2. The molecule has 2 heterocycles. The van der Waals surface area contributed by atoms with Crippen LogP contribution in [0.3, 0.4) is 0 Å². The number of halogens is 1. The number of hydrogen-bond acceptors (Lipinski definition) is 5. The third-order valence-electron chi connectivity index (χ3n) is 3.16. The Morgan fingerprint density at radius 2 is 2.04 bits per heavy atom. The fourth-order valence-electron chi connectivity index (χ4n) is 1.96. The SMILES string of the molecule is O=C(NN1C(=O)/C(=C/C=C/c2ccco2)SC1=S)c1ccc(F)cc1. The van der Waals surface area contributed by atoms with Gasteiger partial charge in [0.2, 0.25) is 0 Å². The molecule has 3 rings (SSSR count). The average molecular weight is 374 g/mol. The predicted molar refractivity (Wildman–Crippen MR) is 96.7 cm³/mol. The highest BCUT2D eigenvalue weighted by atomic mass is 32.2. The van der Waals surface area contributed by atoms with Gasteiger partial charge in [-0.05, 0) is 60.8 Å². The van der Waals surface area contributed by atoms with Crippen molar-refractivity contribution in [3.05, 3.63) is 76.9 Å². The molecule has 0 bridgehead atoms. The lowest BCUT2D eigenvalue weighted by molar-refractivity contribution is -0.123. The van der Waals surface area contributed by atoms with Crippen molar-refractivity contribution in [3.63, 3.8) is 0 Å². The lowest BCUT2D eigenvalue weighted by Gasteiger charge is -2.15. The molecule has 1 N–H and O–H groups in total. The zero-order valence-electron chi connectivity index (χ0n) is 12.6. The lowest BCUT2D eigenvalue weighted by Crippen LogP contribution is -2.44. The van der Waals surface area contributed by atoms with Gasteiger partial charge >= 0.3 is 0 Å². The standard InChI is InChI=1S/C17H11FN2O3S2/c18-12-8-6-11(7-9-12)15(21)19-20-16(22)14(25-17(20)24)5-1-3-13-4-2-10-23-13/h1-10H,(H,19,21)/b3-1+,14-5-. The van der Waals surface area contributed by atoms with Crippen molar-refractivity contribution in [1.82, 2.24) is 10.4 Å². The Bertz CT molecular complexity index is 874. The number of benzene rings is 1. The predicted octanol–water partition coefficient (Wildman–Crippen LogP) is 3.52. The maximum atomic E-state index is 12.9. The maximum Gasteiger partial charge on any atom is 0.285 e. The van der Waals surface area contributed by atoms with Gasteiger partial charge in [-0.1, -0.05) is 17.8 Å². The zero-order valence-corrected chi connectivity index (χ0v) is 14.3. The molecule has 1 aromatic carbocycles. The van der Waals surface area contributed by atoms with Crippen molar-refractivity contribution in [2.75, 3.05) is 0 Å².